The van der Waals surface area contributed by atoms with Crippen molar-refractivity contribution < 1.29 is 9.53 Å². The Morgan fingerprint density at radius 2 is 2.13 bits per heavy atom. The van der Waals surface area contributed by atoms with Crippen molar-refractivity contribution in [3.05, 3.63) is 0 Å². The van der Waals surface area contributed by atoms with Crippen LogP contribution in [0, 0.1) is 0 Å². The molecule has 2 fully saturated rings. The summed E-state index contributed by atoms with van der Waals surface area (Å²) in [5.74, 6) is 0. The Hall–Kier alpha value is -0.770. The molecule has 86 valence electrons. The lowest BCUT2D eigenvalue weighted by atomic mass is 10.1. The van der Waals surface area contributed by atoms with Gasteiger partial charge in [0.25, 0.3) is 0 Å². The number of carbonyl (C=O) groups excluding carboxylic acids is 1. The first-order valence-corrected chi connectivity index (χ1v) is 5.69. The lowest BCUT2D eigenvalue weighted by Gasteiger charge is -2.41. The molecule has 1 heterocycles. The molecule has 0 radical (unpaired) electrons. The predicted molar refractivity (Wildman–Crippen MR) is 57.8 cm³/mol. The van der Waals surface area contributed by atoms with Crippen LogP contribution >= 0.6 is 0 Å². The molecule has 1 atom stereocenters. The number of nitrogens with zero attached hydrogens (tertiary/aromatic N) is 1. The Bertz CT molecular complexity index is 261. The van der Waals surface area contributed by atoms with E-state index in [0.29, 0.717) is 19.1 Å². The highest BCUT2D eigenvalue weighted by Gasteiger charge is 2.35. The normalized spacial score (nSPS) is 30.1. The number of morpholine rings is 1. The van der Waals surface area contributed by atoms with Crippen LogP contribution in [-0.4, -0.2) is 41.8 Å². The molecule has 0 aromatic rings. The SMILES string of the molecule is CC1CN(C(=O)NC2CC2)CC(C)(C)O1. The monoisotopic (exact) mass is 212 g/mol. The first-order valence-electron chi connectivity index (χ1n) is 5.69. The molecule has 1 N–H and O–H groups in total. The Morgan fingerprint density at radius 3 is 2.67 bits per heavy atom. The zero-order chi connectivity index (χ0) is 11.1. The third kappa shape index (κ3) is 2.84. The van der Waals surface area contributed by atoms with Crippen molar-refractivity contribution in [2.24, 2.45) is 0 Å². The van der Waals surface area contributed by atoms with Crippen LogP contribution in [0.15, 0.2) is 0 Å². The zero-order valence-electron chi connectivity index (χ0n) is 9.75. The highest BCUT2D eigenvalue weighted by molar-refractivity contribution is 5.75. The fourth-order valence-electron chi connectivity index (χ4n) is 2.10. The topological polar surface area (TPSA) is 41.6 Å². The van der Waals surface area contributed by atoms with Gasteiger partial charge in [-0.3, -0.25) is 0 Å². The second-order valence-electron chi connectivity index (χ2n) is 5.29. The van der Waals surface area contributed by atoms with Crippen molar-refractivity contribution in [2.75, 3.05) is 13.1 Å². The van der Waals surface area contributed by atoms with E-state index in [9.17, 15) is 4.79 Å². The van der Waals surface area contributed by atoms with Crippen LogP contribution in [0.3, 0.4) is 0 Å². The van der Waals surface area contributed by atoms with Gasteiger partial charge in [0.15, 0.2) is 0 Å². The van der Waals surface area contributed by atoms with Crippen molar-refractivity contribution in [3.63, 3.8) is 0 Å². The van der Waals surface area contributed by atoms with Crippen molar-refractivity contribution >= 4 is 6.03 Å². The van der Waals surface area contributed by atoms with Gasteiger partial charge >= 0.3 is 6.03 Å². The van der Waals surface area contributed by atoms with Gasteiger partial charge in [-0.25, -0.2) is 4.79 Å². The zero-order valence-corrected chi connectivity index (χ0v) is 9.75. The molecule has 1 aliphatic heterocycles. The Kier molecular flexibility index (Phi) is 2.63. The molecule has 0 aromatic carbocycles. The lowest BCUT2D eigenvalue weighted by molar-refractivity contribution is -0.117. The van der Waals surface area contributed by atoms with E-state index in [1.165, 1.54) is 0 Å². The van der Waals surface area contributed by atoms with Crippen molar-refractivity contribution in [2.45, 2.75) is 51.4 Å². The van der Waals surface area contributed by atoms with Crippen LogP contribution in [0.1, 0.15) is 33.6 Å². The third-order valence-corrected chi connectivity index (χ3v) is 2.76. The number of nitrogens with one attached hydrogen (secondary N) is 1. The van der Waals surface area contributed by atoms with E-state index in [2.05, 4.69) is 5.32 Å². The standard InChI is InChI=1S/C11H20N2O2/c1-8-6-13(7-11(2,3)15-8)10(14)12-9-4-5-9/h8-9H,4-7H2,1-3H3,(H,12,14). The molecule has 2 rings (SSSR count). The maximum absolute atomic E-state index is 11.8. The van der Waals surface area contributed by atoms with E-state index >= 15 is 0 Å². The molecule has 2 aliphatic rings. The summed E-state index contributed by atoms with van der Waals surface area (Å²) in [6.07, 6.45) is 2.39. The van der Waals surface area contributed by atoms with E-state index in [4.69, 9.17) is 4.74 Å². The van der Waals surface area contributed by atoms with E-state index < -0.39 is 0 Å². The van der Waals surface area contributed by atoms with Gasteiger partial charge in [0.2, 0.25) is 0 Å². The molecule has 2 amide bonds. The van der Waals surface area contributed by atoms with Crippen molar-refractivity contribution in [1.82, 2.24) is 10.2 Å². The summed E-state index contributed by atoms with van der Waals surface area (Å²) >= 11 is 0. The van der Waals surface area contributed by atoms with Crippen LogP contribution in [0.2, 0.25) is 0 Å². The van der Waals surface area contributed by atoms with Gasteiger partial charge in [-0.05, 0) is 33.6 Å². The van der Waals surface area contributed by atoms with Crippen LogP contribution in [-0.2, 0) is 4.74 Å². The molecule has 4 nitrogen and oxygen atoms in total. The smallest absolute Gasteiger partial charge is 0.317 e. The second kappa shape index (κ2) is 3.67. The molecule has 1 unspecified atom stereocenters. The van der Waals surface area contributed by atoms with Gasteiger partial charge in [-0.2, -0.15) is 0 Å². The average Bonchev–Trinajstić information content (AvgIpc) is 2.84. The van der Waals surface area contributed by atoms with Gasteiger partial charge in [-0.1, -0.05) is 0 Å². The van der Waals surface area contributed by atoms with Gasteiger partial charge < -0.3 is 15.0 Å². The minimum Gasteiger partial charge on any atom is -0.369 e. The van der Waals surface area contributed by atoms with Crippen molar-refractivity contribution in [3.8, 4) is 0 Å². The molecule has 1 saturated heterocycles. The number of urea groups is 1. The molecule has 15 heavy (non-hydrogen) atoms. The molecule has 0 bridgehead atoms. The van der Waals surface area contributed by atoms with E-state index in [1.54, 1.807) is 0 Å². The minimum atomic E-state index is -0.224. The molecule has 4 heteroatoms. The molecule has 0 spiro atoms. The summed E-state index contributed by atoms with van der Waals surface area (Å²) in [6, 6.07) is 0.500. The van der Waals surface area contributed by atoms with Gasteiger partial charge in [0.1, 0.15) is 0 Å². The molecular formula is C11H20N2O2. The highest BCUT2D eigenvalue weighted by Crippen LogP contribution is 2.23. The first kappa shape index (κ1) is 10.7. The predicted octanol–water partition coefficient (Wildman–Crippen LogP) is 1.36. The summed E-state index contributed by atoms with van der Waals surface area (Å²) < 4.78 is 5.75. The molecule has 1 aliphatic carbocycles. The molecule has 0 aromatic heterocycles. The quantitative estimate of drug-likeness (QED) is 0.713. The maximum Gasteiger partial charge on any atom is 0.317 e. The van der Waals surface area contributed by atoms with Crippen LogP contribution in [0.5, 0.6) is 0 Å². The molecule has 1 saturated carbocycles. The van der Waals surface area contributed by atoms with E-state index in [0.717, 1.165) is 12.8 Å². The largest absolute Gasteiger partial charge is 0.369 e. The van der Waals surface area contributed by atoms with Crippen LogP contribution in [0.25, 0.3) is 0 Å². The number of amides is 2. The number of rotatable bonds is 1. The lowest BCUT2D eigenvalue weighted by Crippen LogP contribution is -2.56. The Labute approximate surface area is 91.0 Å². The van der Waals surface area contributed by atoms with Crippen molar-refractivity contribution in [1.29, 1.82) is 0 Å². The van der Waals surface area contributed by atoms with Gasteiger partial charge in [0, 0.05) is 12.6 Å². The second-order valence-corrected chi connectivity index (χ2v) is 5.29. The summed E-state index contributed by atoms with van der Waals surface area (Å²) in [5, 5.41) is 3.01. The van der Waals surface area contributed by atoms with Gasteiger partial charge in [0.05, 0.1) is 18.2 Å². The minimum absolute atomic E-state index is 0.0701. The number of hydrogen-bond acceptors (Lipinski definition) is 2. The summed E-state index contributed by atoms with van der Waals surface area (Å²) in [7, 11) is 0. The fourth-order valence-corrected chi connectivity index (χ4v) is 2.10. The number of hydrogen-bond donors (Lipinski definition) is 1. The summed E-state index contributed by atoms with van der Waals surface area (Å²) in [6.45, 7) is 7.44. The number of ether oxygens (including phenoxy) is 1. The Balaban J connectivity index is 1.92. The first-order chi connectivity index (χ1) is 6.96. The van der Waals surface area contributed by atoms with Gasteiger partial charge in [-0.15, -0.1) is 0 Å². The maximum atomic E-state index is 11.8. The summed E-state index contributed by atoms with van der Waals surface area (Å²) in [4.78, 5) is 13.7. The average molecular weight is 212 g/mol. The fraction of sp³-hybridized carbons (Fsp3) is 0.909. The van der Waals surface area contributed by atoms with E-state index in [1.807, 2.05) is 25.7 Å². The Morgan fingerprint density at radius 1 is 1.47 bits per heavy atom. The summed E-state index contributed by atoms with van der Waals surface area (Å²) in [5.41, 5.74) is -0.224. The molecular weight excluding hydrogens is 192 g/mol. The highest BCUT2D eigenvalue weighted by atomic mass is 16.5. The van der Waals surface area contributed by atoms with E-state index in [-0.39, 0.29) is 17.7 Å². The van der Waals surface area contributed by atoms with Crippen LogP contribution in [0.4, 0.5) is 4.79 Å². The number of carbonyl (C=O) groups is 1. The third-order valence-electron chi connectivity index (χ3n) is 2.76. The van der Waals surface area contributed by atoms with Crippen LogP contribution < -0.4 is 5.32 Å².